The molecule has 10 nitrogen and oxygen atoms in total. The second-order valence-electron chi connectivity index (χ2n) is 11.3. The summed E-state index contributed by atoms with van der Waals surface area (Å²) in [5.74, 6) is -0.483. The van der Waals surface area contributed by atoms with E-state index in [1.165, 1.54) is 30.0 Å². The molecule has 0 radical (unpaired) electrons. The lowest BCUT2D eigenvalue weighted by Crippen LogP contribution is -2.38. The minimum Gasteiger partial charge on any atom is -0.496 e. The summed E-state index contributed by atoms with van der Waals surface area (Å²) in [4.78, 5) is 19.7. The number of nitrogens with one attached hydrogen (secondary N) is 1. The zero-order chi connectivity index (χ0) is 31.8. The molecule has 44 heavy (non-hydrogen) atoms. The van der Waals surface area contributed by atoms with Gasteiger partial charge in [-0.1, -0.05) is 30.3 Å². The number of aliphatic hydroxyl groups is 1. The van der Waals surface area contributed by atoms with Crippen molar-refractivity contribution in [3.05, 3.63) is 66.0 Å². The highest BCUT2D eigenvalue weighted by atomic mass is 19.3. The number of alkyl halides is 3. The Morgan fingerprint density at radius 1 is 1.18 bits per heavy atom. The molecule has 13 heteroatoms. The van der Waals surface area contributed by atoms with Crippen molar-refractivity contribution in [2.45, 2.75) is 64.3 Å². The number of ether oxygens (including phenoxy) is 3. The number of carbonyl (C=O) groups is 1. The van der Waals surface area contributed by atoms with E-state index in [0.29, 0.717) is 34.9 Å². The van der Waals surface area contributed by atoms with Gasteiger partial charge < -0.3 is 29.5 Å². The molecule has 1 amide bonds. The zero-order valence-electron chi connectivity index (χ0n) is 24.9. The minimum absolute atomic E-state index is 0.0496. The summed E-state index contributed by atoms with van der Waals surface area (Å²) >= 11 is 0. The molecular formula is C31H34F3N5O5. The second kappa shape index (κ2) is 12.2. The van der Waals surface area contributed by atoms with Crippen LogP contribution in [0.3, 0.4) is 0 Å². The number of halogens is 3. The van der Waals surface area contributed by atoms with Crippen molar-refractivity contribution >= 4 is 17.4 Å². The third kappa shape index (κ3) is 6.67. The van der Waals surface area contributed by atoms with Crippen molar-refractivity contribution < 1.29 is 37.3 Å². The number of fused-ring (bicyclic) bond motifs is 1. The van der Waals surface area contributed by atoms with Crippen molar-refractivity contribution in [1.82, 2.24) is 19.9 Å². The van der Waals surface area contributed by atoms with Gasteiger partial charge in [-0.25, -0.2) is 13.9 Å². The highest BCUT2D eigenvalue weighted by Crippen LogP contribution is 2.39. The molecule has 3 atom stereocenters. The molecule has 1 fully saturated rings. The molecule has 234 valence electrons. The average Bonchev–Trinajstić information content (AvgIpc) is 3.49. The summed E-state index contributed by atoms with van der Waals surface area (Å²) < 4.78 is 58.3. The van der Waals surface area contributed by atoms with E-state index in [1.807, 2.05) is 42.3 Å². The summed E-state index contributed by atoms with van der Waals surface area (Å²) in [5.41, 5.74) is 0.696. The summed E-state index contributed by atoms with van der Waals surface area (Å²) in [6, 6.07) is 11.8. The number of hydrogen-bond donors (Lipinski definition) is 2. The van der Waals surface area contributed by atoms with Gasteiger partial charge in [0.15, 0.2) is 17.2 Å². The summed E-state index contributed by atoms with van der Waals surface area (Å²) in [6.45, 7) is 2.25. The SMILES string of the molecule is COc1cc(-c2cnn3cc(OC(C)C(C)(C)O)c(N(C)Cc4ccccc4)nc23)cc(OC(F)F)c1C(=O)N[C@@H]1C[C@@H]1F. The number of aromatic nitrogens is 3. The monoisotopic (exact) mass is 613 g/mol. The Bertz CT molecular complexity index is 1640. The average molecular weight is 614 g/mol. The van der Waals surface area contributed by atoms with E-state index < -0.39 is 42.2 Å². The van der Waals surface area contributed by atoms with Crippen LogP contribution in [-0.4, -0.2) is 70.3 Å². The van der Waals surface area contributed by atoms with Gasteiger partial charge in [-0.05, 0) is 44.0 Å². The first-order valence-corrected chi connectivity index (χ1v) is 14.0. The maximum absolute atomic E-state index is 13.5. The van der Waals surface area contributed by atoms with Gasteiger partial charge in [-0.3, -0.25) is 4.79 Å². The highest BCUT2D eigenvalue weighted by Gasteiger charge is 2.40. The number of rotatable bonds is 12. The first-order valence-electron chi connectivity index (χ1n) is 14.0. The van der Waals surface area contributed by atoms with Crippen molar-refractivity contribution in [2.24, 2.45) is 0 Å². The predicted octanol–water partition coefficient (Wildman–Crippen LogP) is 5.02. The maximum atomic E-state index is 13.5. The molecule has 0 bridgehead atoms. The smallest absolute Gasteiger partial charge is 0.387 e. The third-order valence-corrected chi connectivity index (χ3v) is 7.43. The molecule has 1 aliphatic carbocycles. The first-order chi connectivity index (χ1) is 20.8. The van der Waals surface area contributed by atoms with E-state index in [4.69, 9.17) is 19.2 Å². The maximum Gasteiger partial charge on any atom is 0.387 e. The number of methoxy groups -OCH3 is 1. The Hall–Kier alpha value is -4.52. The van der Waals surface area contributed by atoms with E-state index in [1.54, 1.807) is 27.0 Å². The predicted molar refractivity (Wildman–Crippen MR) is 157 cm³/mol. The summed E-state index contributed by atoms with van der Waals surface area (Å²) in [6.07, 6.45) is 1.46. The van der Waals surface area contributed by atoms with Crippen molar-refractivity contribution in [3.63, 3.8) is 0 Å². The van der Waals surface area contributed by atoms with Gasteiger partial charge in [0.25, 0.3) is 5.91 Å². The molecule has 5 rings (SSSR count). The van der Waals surface area contributed by atoms with Crippen LogP contribution < -0.4 is 24.4 Å². The first kappa shape index (κ1) is 30.9. The van der Waals surface area contributed by atoms with E-state index in [9.17, 15) is 23.1 Å². The molecule has 2 aromatic carbocycles. The van der Waals surface area contributed by atoms with E-state index in [-0.39, 0.29) is 17.7 Å². The standard InChI is InChI=1S/C31H34F3N5O5/c1-17(31(2,3)41)43-25-16-39-27(37-28(25)38(4)15-18-9-7-6-8-10-18)20(14-35-39)19-11-23(42-5)26(24(12-19)44-30(33)34)29(40)36-22-13-21(22)32/h6-12,14,16-17,21-22,30,41H,13,15H2,1-5H3,(H,36,40)/t17?,21-,22+/m0/s1. The lowest BCUT2D eigenvalue weighted by molar-refractivity contribution is -0.0502. The summed E-state index contributed by atoms with van der Waals surface area (Å²) in [5, 5.41) is 17.4. The lowest BCUT2D eigenvalue weighted by atomic mass is 10.0. The van der Waals surface area contributed by atoms with Crippen LogP contribution in [0, 0.1) is 0 Å². The quantitative estimate of drug-likeness (QED) is 0.229. The Labute approximate surface area is 252 Å². The van der Waals surface area contributed by atoms with Crippen LogP contribution in [0.2, 0.25) is 0 Å². The topological polar surface area (TPSA) is 110 Å². The van der Waals surface area contributed by atoms with Crippen molar-refractivity contribution in [3.8, 4) is 28.4 Å². The molecule has 2 aromatic heterocycles. The molecule has 4 aromatic rings. The number of anilines is 1. The molecule has 1 saturated carbocycles. The Morgan fingerprint density at radius 3 is 2.48 bits per heavy atom. The van der Waals surface area contributed by atoms with Crippen molar-refractivity contribution in [2.75, 3.05) is 19.1 Å². The molecule has 0 saturated heterocycles. The largest absolute Gasteiger partial charge is 0.496 e. The zero-order valence-corrected chi connectivity index (χ0v) is 24.9. The Kier molecular flexibility index (Phi) is 8.60. The van der Waals surface area contributed by atoms with Crippen LogP contribution in [0.5, 0.6) is 17.2 Å². The second-order valence-corrected chi connectivity index (χ2v) is 11.3. The molecule has 1 unspecified atom stereocenters. The van der Waals surface area contributed by atoms with Gasteiger partial charge in [-0.15, -0.1) is 0 Å². The highest BCUT2D eigenvalue weighted by molar-refractivity contribution is 6.01. The molecule has 0 aliphatic heterocycles. The fraction of sp³-hybridized carbons (Fsp3) is 0.387. The normalized spacial score (nSPS) is 17.0. The van der Waals surface area contributed by atoms with Gasteiger partial charge >= 0.3 is 6.61 Å². The van der Waals surface area contributed by atoms with Gasteiger partial charge in [0.05, 0.1) is 31.1 Å². The molecular weight excluding hydrogens is 579 g/mol. The number of benzene rings is 2. The fourth-order valence-electron chi connectivity index (χ4n) is 4.59. The van der Waals surface area contributed by atoms with Gasteiger partial charge in [0.2, 0.25) is 0 Å². The minimum atomic E-state index is -3.24. The number of hydrogen-bond acceptors (Lipinski definition) is 8. The number of carbonyl (C=O) groups excluding carboxylic acids is 1. The van der Waals surface area contributed by atoms with E-state index >= 15 is 0 Å². The van der Waals surface area contributed by atoms with E-state index in [0.717, 1.165) is 5.56 Å². The molecule has 1 aliphatic rings. The van der Waals surface area contributed by atoms with Crippen LogP contribution in [0.4, 0.5) is 19.0 Å². The molecule has 2 heterocycles. The third-order valence-electron chi connectivity index (χ3n) is 7.43. The number of nitrogens with zero attached hydrogens (tertiary/aromatic N) is 4. The van der Waals surface area contributed by atoms with Crippen LogP contribution >= 0.6 is 0 Å². The van der Waals surface area contributed by atoms with Gasteiger partial charge in [0, 0.05) is 25.6 Å². The summed E-state index contributed by atoms with van der Waals surface area (Å²) in [7, 11) is 3.13. The van der Waals surface area contributed by atoms with Crippen LogP contribution in [0.15, 0.2) is 54.9 Å². The van der Waals surface area contributed by atoms with Gasteiger partial charge in [0.1, 0.15) is 29.3 Å². The lowest BCUT2D eigenvalue weighted by Gasteiger charge is -2.29. The molecule has 0 spiro atoms. The Balaban J connectivity index is 1.61. The van der Waals surface area contributed by atoms with Crippen molar-refractivity contribution in [1.29, 1.82) is 0 Å². The van der Waals surface area contributed by atoms with Gasteiger partial charge in [-0.2, -0.15) is 13.9 Å². The molecule has 2 N–H and O–H groups in total. The van der Waals surface area contributed by atoms with Crippen LogP contribution in [0.1, 0.15) is 43.1 Å². The fourth-order valence-corrected chi connectivity index (χ4v) is 4.59. The van der Waals surface area contributed by atoms with E-state index in [2.05, 4.69) is 10.4 Å². The number of amides is 1. The van der Waals surface area contributed by atoms with Crippen LogP contribution in [0.25, 0.3) is 16.8 Å². The van der Waals surface area contributed by atoms with Crippen LogP contribution in [-0.2, 0) is 6.54 Å². The Morgan fingerprint density at radius 2 is 1.86 bits per heavy atom.